The van der Waals surface area contributed by atoms with Crippen LogP contribution in [-0.2, 0) is 11.3 Å². The molecule has 1 aliphatic heterocycles. The fourth-order valence-electron chi connectivity index (χ4n) is 3.53. The van der Waals surface area contributed by atoms with Crippen molar-refractivity contribution in [2.75, 3.05) is 18.4 Å². The highest BCUT2D eigenvalue weighted by molar-refractivity contribution is 5.99. The standard InChI is InChI=1S/C21H24FN3O2/c1-14-18(20(23)26)5-2-6-19(14)24-21(27)16-4-3-11-25(13-16)12-15-7-9-17(22)10-8-15/h2,5-10,16H,3-4,11-13H2,1H3,(H2,23,26)(H,24,27). The molecule has 1 aliphatic rings. The van der Waals surface area contributed by atoms with Gasteiger partial charge >= 0.3 is 0 Å². The minimum Gasteiger partial charge on any atom is -0.366 e. The van der Waals surface area contributed by atoms with Crippen LogP contribution in [0.1, 0.15) is 34.3 Å². The summed E-state index contributed by atoms with van der Waals surface area (Å²) in [4.78, 5) is 26.4. The van der Waals surface area contributed by atoms with Crippen molar-refractivity contribution in [3.05, 3.63) is 65.0 Å². The van der Waals surface area contributed by atoms with E-state index >= 15 is 0 Å². The van der Waals surface area contributed by atoms with Gasteiger partial charge in [0, 0.05) is 24.3 Å². The van der Waals surface area contributed by atoms with Gasteiger partial charge in [-0.3, -0.25) is 14.5 Å². The molecule has 1 heterocycles. The van der Waals surface area contributed by atoms with Gasteiger partial charge in [-0.2, -0.15) is 0 Å². The van der Waals surface area contributed by atoms with E-state index in [1.165, 1.54) is 12.1 Å². The van der Waals surface area contributed by atoms with Crippen LogP contribution in [0.5, 0.6) is 0 Å². The van der Waals surface area contributed by atoms with Crippen molar-refractivity contribution in [2.24, 2.45) is 11.7 Å². The highest BCUT2D eigenvalue weighted by atomic mass is 19.1. The monoisotopic (exact) mass is 369 g/mol. The van der Waals surface area contributed by atoms with Gasteiger partial charge in [0.25, 0.3) is 0 Å². The summed E-state index contributed by atoms with van der Waals surface area (Å²) >= 11 is 0. The summed E-state index contributed by atoms with van der Waals surface area (Å²) in [5.41, 5.74) is 8.11. The molecule has 1 fully saturated rings. The Morgan fingerprint density at radius 1 is 1.22 bits per heavy atom. The first kappa shape index (κ1) is 19.0. The van der Waals surface area contributed by atoms with Gasteiger partial charge < -0.3 is 11.1 Å². The van der Waals surface area contributed by atoms with E-state index < -0.39 is 5.91 Å². The first-order chi connectivity index (χ1) is 12.9. The predicted octanol–water partition coefficient (Wildman–Crippen LogP) is 3.08. The molecule has 1 unspecified atom stereocenters. The number of carbonyl (C=O) groups excluding carboxylic acids is 2. The number of piperidine rings is 1. The Bertz CT molecular complexity index is 836. The normalized spacial score (nSPS) is 17.5. The number of rotatable bonds is 5. The topological polar surface area (TPSA) is 75.4 Å². The Kier molecular flexibility index (Phi) is 5.86. The first-order valence-corrected chi connectivity index (χ1v) is 9.11. The number of carbonyl (C=O) groups is 2. The van der Waals surface area contributed by atoms with Crippen molar-refractivity contribution in [3.8, 4) is 0 Å². The van der Waals surface area contributed by atoms with Crippen LogP contribution in [-0.4, -0.2) is 29.8 Å². The molecule has 27 heavy (non-hydrogen) atoms. The second-order valence-corrected chi connectivity index (χ2v) is 7.03. The summed E-state index contributed by atoms with van der Waals surface area (Å²) in [5.74, 6) is -0.936. The van der Waals surface area contributed by atoms with E-state index in [2.05, 4.69) is 10.2 Å². The van der Waals surface area contributed by atoms with Crippen LogP contribution in [0.15, 0.2) is 42.5 Å². The summed E-state index contributed by atoms with van der Waals surface area (Å²) in [6.07, 6.45) is 1.75. The molecule has 0 aromatic heterocycles. The average molecular weight is 369 g/mol. The average Bonchev–Trinajstić information content (AvgIpc) is 2.65. The summed E-state index contributed by atoms with van der Waals surface area (Å²) in [7, 11) is 0. The number of amides is 2. The molecule has 2 aromatic carbocycles. The molecule has 0 bridgehead atoms. The van der Waals surface area contributed by atoms with E-state index in [9.17, 15) is 14.0 Å². The Hall–Kier alpha value is -2.73. The summed E-state index contributed by atoms with van der Waals surface area (Å²) in [6.45, 7) is 4.03. The number of hydrogen-bond acceptors (Lipinski definition) is 3. The molecule has 1 atom stereocenters. The van der Waals surface area contributed by atoms with Crippen molar-refractivity contribution in [1.82, 2.24) is 4.90 Å². The van der Waals surface area contributed by atoms with Gasteiger partial charge in [-0.25, -0.2) is 4.39 Å². The number of primary amides is 1. The largest absolute Gasteiger partial charge is 0.366 e. The maximum absolute atomic E-state index is 13.1. The lowest BCUT2D eigenvalue weighted by atomic mass is 9.96. The van der Waals surface area contributed by atoms with E-state index in [-0.39, 0.29) is 17.6 Å². The van der Waals surface area contributed by atoms with Gasteiger partial charge in [0.15, 0.2) is 0 Å². The summed E-state index contributed by atoms with van der Waals surface area (Å²) < 4.78 is 13.1. The van der Waals surface area contributed by atoms with Crippen LogP contribution in [0.3, 0.4) is 0 Å². The smallest absolute Gasteiger partial charge is 0.249 e. The van der Waals surface area contributed by atoms with Crippen LogP contribution in [0.25, 0.3) is 0 Å². The number of nitrogens with two attached hydrogens (primary N) is 1. The van der Waals surface area contributed by atoms with E-state index in [4.69, 9.17) is 5.73 Å². The molecule has 1 saturated heterocycles. The van der Waals surface area contributed by atoms with Crippen LogP contribution >= 0.6 is 0 Å². The highest BCUT2D eigenvalue weighted by Gasteiger charge is 2.26. The van der Waals surface area contributed by atoms with Crippen LogP contribution in [0, 0.1) is 18.7 Å². The lowest BCUT2D eigenvalue weighted by molar-refractivity contribution is -0.121. The molecule has 5 nitrogen and oxygen atoms in total. The van der Waals surface area contributed by atoms with Gasteiger partial charge in [0.2, 0.25) is 11.8 Å². The minimum atomic E-state index is -0.508. The molecular formula is C21H24FN3O2. The quantitative estimate of drug-likeness (QED) is 0.850. The van der Waals surface area contributed by atoms with Crippen molar-refractivity contribution in [2.45, 2.75) is 26.3 Å². The van der Waals surface area contributed by atoms with E-state index in [1.807, 2.05) is 0 Å². The third-order valence-electron chi connectivity index (χ3n) is 5.05. The molecule has 2 amide bonds. The summed E-state index contributed by atoms with van der Waals surface area (Å²) in [5, 5.41) is 2.94. The number of nitrogens with one attached hydrogen (secondary N) is 1. The number of hydrogen-bond donors (Lipinski definition) is 2. The molecule has 3 N–H and O–H groups in total. The maximum Gasteiger partial charge on any atom is 0.249 e. The SMILES string of the molecule is Cc1c(NC(=O)C2CCCN(Cc3ccc(F)cc3)C2)cccc1C(N)=O. The van der Waals surface area contributed by atoms with E-state index in [0.29, 0.717) is 29.9 Å². The van der Waals surface area contributed by atoms with Gasteiger partial charge in [0.1, 0.15) is 5.82 Å². The Morgan fingerprint density at radius 3 is 2.67 bits per heavy atom. The Balaban J connectivity index is 1.64. The van der Waals surface area contributed by atoms with Crippen LogP contribution < -0.4 is 11.1 Å². The zero-order valence-electron chi connectivity index (χ0n) is 15.4. The van der Waals surface area contributed by atoms with E-state index in [1.54, 1.807) is 37.3 Å². The highest BCUT2D eigenvalue weighted by Crippen LogP contribution is 2.23. The van der Waals surface area contributed by atoms with E-state index in [0.717, 1.165) is 24.9 Å². The van der Waals surface area contributed by atoms with Gasteiger partial charge in [0.05, 0.1) is 5.92 Å². The van der Waals surface area contributed by atoms with Crippen molar-refractivity contribution in [1.29, 1.82) is 0 Å². The second kappa shape index (κ2) is 8.31. The molecule has 0 aliphatic carbocycles. The molecule has 0 radical (unpaired) electrons. The number of nitrogens with zero attached hydrogens (tertiary/aromatic N) is 1. The fourth-order valence-corrected chi connectivity index (χ4v) is 3.53. The zero-order chi connectivity index (χ0) is 19.4. The Morgan fingerprint density at radius 2 is 1.96 bits per heavy atom. The third-order valence-corrected chi connectivity index (χ3v) is 5.05. The van der Waals surface area contributed by atoms with Crippen LogP contribution in [0.4, 0.5) is 10.1 Å². The fraction of sp³-hybridized carbons (Fsp3) is 0.333. The lowest BCUT2D eigenvalue weighted by Gasteiger charge is -2.32. The van der Waals surface area contributed by atoms with Crippen molar-refractivity contribution < 1.29 is 14.0 Å². The second-order valence-electron chi connectivity index (χ2n) is 7.03. The maximum atomic E-state index is 13.1. The minimum absolute atomic E-state index is 0.0523. The molecule has 0 spiro atoms. The zero-order valence-corrected chi connectivity index (χ0v) is 15.4. The van der Waals surface area contributed by atoms with Gasteiger partial charge in [-0.1, -0.05) is 18.2 Å². The van der Waals surface area contributed by atoms with Gasteiger partial charge in [-0.15, -0.1) is 0 Å². The van der Waals surface area contributed by atoms with Crippen molar-refractivity contribution >= 4 is 17.5 Å². The molecule has 2 aromatic rings. The molecule has 6 heteroatoms. The molecular weight excluding hydrogens is 345 g/mol. The number of halogens is 1. The predicted molar refractivity (Wildman–Crippen MR) is 103 cm³/mol. The molecule has 0 saturated carbocycles. The number of anilines is 1. The lowest BCUT2D eigenvalue weighted by Crippen LogP contribution is -2.40. The van der Waals surface area contributed by atoms with Gasteiger partial charge in [-0.05, 0) is 61.7 Å². The molecule has 142 valence electrons. The molecule has 3 rings (SSSR count). The summed E-state index contributed by atoms with van der Waals surface area (Å²) in [6, 6.07) is 11.6. The Labute approximate surface area is 158 Å². The first-order valence-electron chi connectivity index (χ1n) is 9.11. The number of benzene rings is 2. The number of likely N-dealkylation sites (tertiary alicyclic amines) is 1. The third kappa shape index (κ3) is 4.71. The van der Waals surface area contributed by atoms with Crippen LogP contribution in [0.2, 0.25) is 0 Å². The van der Waals surface area contributed by atoms with Crippen molar-refractivity contribution in [3.63, 3.8) is 0 Å².